The fraction of sp³-hybridized carbons (Fsp3) is 0. The van der Waals surface area contributed by atoms with Gasteiger partial charge in [-0.15, -0.1) is 21.9 Å². The Kier molecular flexibility index (Phi) is 9.67. The first-order valence-electron chi connectivity index (χ1n) is 22.2. The maximum Gasteiger partial charge on any atom is 0.141 e. The van der Waals surface area contributed by atoms with Crippen LogP contribution in [-0.2, 0) is 0 Å². The molecule has 0 radical (unpaired) electrons. The molecule has 0 bridgehead atoms. The van der Waals surface area contributed by atoms with Crippen LogP contribution >= 0.6 is 0 Å². The van der Waals surface area contributed by atoms with Gasteiger partial charge in [0.1, 0.15) is 94.2 Å². The van der Waals surface area contributed by atoms with E-state index in [0.29, 0.717) is 0 Å². The summed E-state index contributed by atoms with van der Waals surface area (Å²) >= 11 is 0. The van der Waals surface area contributed by atoms with Gasteiger partial charge in [0.05, 0.1) is 11.0 Å². The zero-order valence-electron chi connectivity index (χ0n) is 38.4. The summed E-state index contributed by atoms with van der Waals surface area (Å²) in [6.45, 7) is 0. The molecule has 8 aromatic carbocycles. The molecule has 0 saturated carbocycles. The molecule has 0 fully saturated rings. The molecule has 0 unspecified atom stereocenters. The van der Waals surface area contributed by atoms with E-state index in [0.717, 1.165) is 0 Å². The molecule has 2 aromatic heterocycles. The summed E-state index contributed by atoms with van der Waals surface area (Å²) in [5.74, 6) is 0. The van der Waals surface area contributed by atoms with Crippen molar-refractivity contribution in [1.82, 2.24) is 9.13 Å². The Morgan fingerprint density at radius 1 is 0.274 bits per heavy atom. The van der Waals surface area contributed by atoms with Crippen LogP contribution in [-0.4, -0.2) is 103 Å². The number of nitrogens with zero attached hydrogens (tertiary/aromatic N) is 2. The predicted molar refractivity (Wildman–Crippen MR) is 310 cm³/mol. The molecule has 10 aromatic rings. The van der Waals surface area contributed by atoms with Crippen molar-refractivity contribution in [2.75, 3.05) is 0 Å². The summed E-state index contributed by atoms with van der Waals surface area (Å²) in [5, 5.41) is 5.28. The van der Waals surface area contributed by atoms with Gasteiger partial charge in [0, 0.05) is 38.6 Å². The largest absolute Gasteiger partial charge is 0.310 e. The molecule has 0 amide bonds. The number of hydrogen-bond acceptors (Lipinski definition) is 0. The van der Waals surface area contributed by atoms with E-state index in [9.17, 15) is 0 Å². The highest BCUT2D eigenvalue weighted by atomic mass is 15.0. The Bertz CT molecular complexity index is 3510. The lowest BCUT2D eigenvalue weighted by molar-refractivity contribution is 1.18. The second-order valence-corrected chi connectivity index (χ2v) is 18.1. The number of fused-ring (bicyclic) bond motifs is 6. The summed E-state index contributed by atoms with van der Waals surface area (Å²) in [6, 6.07) is 45.1. The van der Waals surface area contributed by atoms with Gasteiger partial charge in [-0.05, 0) is 87.3 Å². The standard InChI is InChI=1S/C48H44B12N2/c49-35-31(38(52)45(59)47-33(35)34-39(53)42(56)44(58)46(60)48(34)62(47)26-13-7-10-22(18-26)21-8-3-1-4-9-21)23-14-16-29-27(19-23)28-20-24(32-36(50)40(54)43(57)41(55)37(32)51)15-17-30(28)61(29)25-11-5-2-6-12-25/h1-20H,49-60H2. The molecule has 62 heavy (non-hydrogen) atoms. The SMILES string of the molecule is Bc1c(B)c(B)c(-c2ccc3c(c2)c2cc(-c4c(B)c(B)c5c(c4B)c4c(B)c(B)c(B)c(B)c4n5-c4cccc(-c5ccccc5)c4)ccc2n3-c2ccccc2)c(B)c1B. The average Bonchev–Trinajstić information content (AvgIpc) is 3.83. The highest BCUT2D eigenvalue weighted by Gasteiger charge is 2.26. The molecule has 0 aliphatic carbocycles. The first kappa shape index (κ1) is 40.2. The summed E-state index contributed by atoms with van der Waals surface area (Å²) in [7, 11) is 27.8. The second kappa shape index (κ2) is 14.9. The van der Waals surface area contributed by atoms with Gasteiger partial charge in [0.25, 0.3) is 0 Å². The molecule has 2 nitrogen and oxygen atoms in total. The molecule has 0 aliphatic rings. The van der Waals surface area contributed by atoms with Crippen molar-refractivity contribution in [3.63, 3.8) is 0 Å². The van der Waals surface area contributed by atoms with Gasteiger partial charge in [-0.3, -0.25) is 0 Å². The van der Waals surface area contributed by atoms with Crippen molar-refractivity contribution in [3.05, 3.63) is 121 Å². The first-order valence-corrected chi connectivity index (χ1v) is 22.2. The van der Waals surface area contributed by atoms with Crippen LogP contribution in [0.5, 0.6) is 0 Å². The fourth-order valence-corrected chi connectivity index (χ4v) is 11.0. The fourth-order valence-electron chi connectivity index (χ4n) is 11.0. The van der Waals surface area contributed by atoms with Crippen molar-refractivity contribution in [2.24, 2.45) is 0 Å². The smallest absolute Gasteiger partial charge is 0.141 e. The van der Waals surface area contributed by atoms with Crippen LogP contribution in [0.3, 0.4) is 0 Å². The molecule has 0 saturated heterocycles. The zero-order valence-corrected chi connectivity index (χ0v) is 38.4. The monoisotopic (exact) mass is 780 g/mol. The summed E-state index contributed by atoms with van der Waals surface area (Å²) in [5.41, 5.74) is 31.5. The van der Waals surface area contributed by atoms with E-state index < -0.39 is 0 Å². The minimum absolute atomic E-state index is 1.17. The third kappa shape index (κ3) is 5.82. The molecule has 14 heteroatoms. The predicted octanol–water partition coefficient (Wildman–Crippen LogP) is -8.02. The molecule has 282 valence electrons. The average molecular weight is 779 g/mol. The van der Waals surface area contributed by atoms with E-state index in [2.05, 4.69) is 225 Å². The van der Waals surface area contributed by atoms with E-state index in [4.69, 9.17) is 0 Å². The summed E-state index contributed by atoms with van der Waals surface area (Å²) in [6.07, 6.45) is 0. The van der Waals surface area contributed by atoms with Crippen molar-refractivity contribution >= 4 is 203 Å². The van der Waals surface area contributed by atoms with E-state index in [-0.39, 0.29) is 0 Å². The van der Waals surface area contributed by atoms with Crippen LogP contribution in [0.25, 0.3) is 88.4 Å². The van der Waals surface area contributed by atoms with Crippen LogP contribution in [0.1, 0.15) is 0 Å². The lowest BCUT2D eigenvalue weighted by atomic mass is 9.59. The quantitative estimate of drug-likeness (QED) is 0.154. The van der Waals surface area contributed by atoms with Gasteiger partial charge in [-0.1, -0.05) is 116 Å². The number of rotatable bonds is 5. The number of para-hydroxylation sites is 1. The Morgan fingerprint density at radius 2 is 0.694 bits per heavy atom. The zero-order chi connectivity index (χ0) is 43.5. The Balaban J connectivity index is 1.28. The second-order valence-electron chi connectivity index (χ2n) is 18.1. The van der Waals surface area contributed by atoms with Crippen LogP contribution in [0, 0.1) is 0 Å². The van der Waals surface area contributed by atoms with Crippen LogP contribution < -0.4 is 65.6 Å². The highest BCUT2D eigenvalue weighted by Crippen LogP contribution is 2.37. The molecule has 0 aliphatic heterocycles. The third-order valence-electron chi connectivity index (χ3n) is 15.2. The summed E-state index contributed by atoms with van der Waals surface area (Å²) in [4.78, 5) is 0. The van der Waals surface area contributed by atoms with Crippen LogP contribution in [0.15, 0.2) is 121 Å². The molecular weight excluding hydrogens is 734 g/mol. The van der Waals surface area contributed by atoms with Gasteiger partial charge in [-0.25, -0.2) is 0 Å². The normalized spacial score (nSPS) is 11.7. The number of benzene rings is 8. The van der Waals surface area contributed by atoms with E-state index in [1.807, 2.05) is 0 Å². The van der Waals surface area contributed by atoms with Crippen LogP contribution in [0.2, 0.25) is 0 Å². The van der Waals surface area contributed by atoms with Gasteiger partial charge in [-0.2, -0.15) is 0 Å². The topological polar surface area (TPSA) is 9.86 Å². The minimum Gasteiger partial charge on any atom is -0.310 e. The van der Waals surface area contributed by atoms with Gasteiger partial charge in [0.15, 0.2) is 0 Å². The Labute approximate surface area is 376 Å². The van der Waals surface area contributed by atoms with Crippen molar-refractivity contribution < 1.29 is 0 Å². The molecule has 10 rings (SSSR count). The third-order valence-corrected chi connectivity index (χ3v) is 15.2. The molecular formula is C48H44B12N2. The summed E-state index contributed by atoms with van der Waals surface area (Å²) < 4.78 is 5.04. The molecule has 0 N–H and O–H groups in total. The molecule has 0 atom stereocenters. The molecule has 2 heterocycles. The minimum atomic E-state index is 1.17. The highest BCUT2D eigenvalue weighted by molar-refractivity contribution is 6.70. The van der Waals surface area contributed by atoms with Crippen molar-refractivity contribution in [1.29, 1.82) is 0 Å². The van der Waals surface area contributed by atoms with Gasteiger partial charge in [0.2, 0.25) is 0 Å². The lowest BCUT2D eigenvalue weighted by Gasteiger charge is -2.20. The Hall–Kier alpha value is -5.86. The van der Waals surface area contributed by atoms with Crippen LogP contribution in [0.4, 0.5) is 0 Å². The number of hydrogen-bond donors (Lipinski definition) is 0. The molecule has 0 spiro atoms. The number of aromatic nitrogens is 2. The van der Waals surface area contributed by atoms with Gasteiger partial charge < -0.3 is 9.13 Å². The van der Waals surface area contributed by atoms with E-state index in [1.165, 1.54) is 154 Å². The van der Waals surface area contributed by atoms with Crippen molar-refractivity contribution in [2.45, 2.75) is 0 Å². The van der Waals surface area contributed by atoms with Gasteiger partial charge >= 0.3 is 0 Å². The first-order chi connectivity index (χ1) is 29.8. The maximum atomic E-state index is 2.58. The van der Waals surface area contributed by atoms with E-state index >= 15 is 0 Å². The lowest BCUT2D eigenvalue weighted by Crippen LogP contribution is -2.55. The maximum absolute atomic E-state index is 2.58. The van der Waals surface area contributed by atoms with E-state index in [1.54, 1.807) is 0 Å². The Morgan fingerprint density at radius 3 is 1.27 bits per heavy atom. The van der Waals surface area contributed by atoms with Crippen molar-refractivity contribution in [3.8, 4) is 44.8 Å².